The zero-order valence-electron chi connectivity index (χ0n) is 15.9. The normalized spacial score (nSPS) is 14.0. The highest BCUT2D eigenvalue weighted by atomic mass is 19.4. The molecule has 0 aliphatic heterocycles. The Morgan fingerprint density at radius 2 is 0.900 bits per heavy atom. The number of hydrogen-bond acceptors (Lipinski definition) is 2. The van der Waals surface area contributed by atoms with Crippen LogP contribution in [0.5, 0.6) is 0 Å². The molecule has 2 atom stereocenters. The fourth-order valence-electron chi connectivity index (χ4n) is 2.92. The van der Waals surface area contributed by atoms with Gasteiger partial charge in [-0.15, -0.1) is 0 Å². The van der Waals surface area contributed by atoms with Crippen molar-refractivity contribution in [1.29, 1.82) is 0 Å². The zero-order chi connectivity index (χ0) is 22.7. The number of rotatable bonds is 5. The second-order valence-electron chi connectivity index (χ2n) is 6.60. The third-order valence-corrected chi connectivity index (χ3v) is 4.25. The number of amides is 2. The molecule has 0 aromatic heterocycles. The number of carbonyl (C=O) groups excluding carboxylic acids is 2. The molecule has 0 radical (unpaired) electrons. The van der Waals surface area contributed by atoms with E-state index in [4.69, 9.17) is 0 Å². The van der Waals surface area contributed by atoms with Crippen molar-refractivity contribution >= 4 is 11.8 Å². The summed E-state index contributed by atoms with van der Waals surface area (Å²) in [5.41, 5.74) is -1.34. The summed E-state index contributed by atoms with van der Waals surface area (Å²) in [6.45, 7) is 2.35. The SMILES string of the molecule is CC(=O)N[C@H](c1ccc(C(F)(F)F)cc1)[C@H](NC(C)=O)c1ccc(C(F)(F)F)cc1. The first-order chi connectivity index (χ1) is 13.8. The van der Waals surface area contributed by atoms with Gasteiger partial charge in [0.1, 0.15) is 0 Å². The van der Waals surface area contributed by atoms with E-state index >= 15 is 0 Å². The van der Waals surface area contributed by atoms with Crippen LogP contribution in [0, 0.1) is 0 Å². The van der Waals surface area contributed by atoms with Gasteiger partial charge in [0.15, 0.2) is 0 Å². The number of hydrogen-bond donors (Lipinski definition) is 2. The lowest BCUT2D eigenvalue weighted by Gasteiger charge is -2.29. The molecule has 2 aromatic rings. The minimum absolute atomic E-state index is 0.233. The predicted molar refractivity (Wildman–Crippen MR) is 96.0 cm³/mol. The number of carbonyl (C=O) groups is 2. The van der Waals surface area contributed by atoms with Crippen LogP contribution in [0.4, 0.5) is 26.3 Å². The molecule has 0 bridgehead atoms. The third-order valence-electron chi connectivity index (χ3n) is 4.25. The van der Waals surface area contributed by atoms with Crippen LogP contribution < -0.4 is 10.6 Å². The Morgan fingerprint density at radius 1 is 0.633 bits per heavy atom. The van der Waals surface area contributed by atoms with Gasteiger partial charge in [0, 0.05) is 13.8 Å². The third kappa shape index (κ3) is 5.98. The Balaban J connectivity index is 2.50. The number of halogens is 6. The Hall–Kier alpha value is -3.04. The van der Waals surface area contributed by atoms with Crippen molar-refractivity contribution in [2.24, 2.45) is 0 Å². The highest BCUT2D eigenvalue weighted by molar-refractivity contribution is 5.75. The first kappa shape index (κ1) is 23.2. The first-order valence-corrected chi connectivity index (χ1v) is 8.67. The van der Waals surface area contributed by atoms with E-state index < -0.39 is 47.4 Å². The summed E-state index contributed by atoms with van der Waals surface area (Å²) < 4.78 is 77.1. The topological polar surface area (TPSA) is 58.2 Å². The molecule has 2 N–H and O–H groups in total. The molecule has 0 unspecified atom stereocenters. The van der Waals surface area contributed by atoms with E-state index in [1.807, 2.05) is 0 Å². The molecule has 0 saturated heterocycles. The molecule has 2 aromatic carbocycles. The van der Waals surface area contributed by atoms with Gasteiger partial charge in [-0.25, -0.2) is 0 Å². The quantitative estimate of drug-likeness (QED) is 0.669. The molecule has 2 rings (SSSR count). The van der Waals surface area contributed by atoms with Crippen molar-refractivity contribution < 1.29 is 35.9 Å². The summed E-state index contributed by atoms with van der Waals surface area (Å²) in [4.78, 5) is 23.4. The summed E-state index contributed by atoms with van der Waals surface area (Å²) in [5.74, 6) is -1.08. The van der Waals surface area contributed by atoms with Gasteiger partial charge in [0.05, 0.1) is 23.2 Å². The molecule has 10 heteroatoms. The molecule has 162 valence electrons. The molecular formula is C20H18F6N2O2. The van der Waals surface area contributed by atoms with Crippen molar-refractivity contribution in [3.63, 3.8) is 0 Å². The maximum atomic E-state index is 12.8. The molecule has 0 aliphatic rings. The molecule has 0 saturated carbocycles. The lowest BCUT2D eigenvalue weighted by molar-refractivity contribution is -0.138. The molecule has 0 heterocycles. The smallest absolute Gasteiger partial charge is 0.347 e. The minimum atomic E-state index is -4.56. The van der Waals surface area contributed by atoms with Gasteiger partial charge in [0.25, 0.3) is 0 Å². The second-order valence-corrected chi connectivity index (χ2v) is 6.60. The Labute approximate surface area is 168 Å². The van der Waals surface area contributed by atoms with Gasteiger partial charge in [-0.3, -0.25) is 9.59 Å². The summed E-state index contributed by atoms with van der Waals surface area (Å²) >= 11 is 0. The average Bonchev–Trinajstić information content (AvgIpc) is 2.63. The van der Waals surface area contributed by atoms with E-state index in [1.165, 1.54) is 13.8 Å². The van der Waals surface area contributed by atoms with Crippen molar-refractivity contribution in [2.75, 3.05) is 0 Å². The van der Waals surface area contributed by atoms with E-state index in [2.05, 4.69) is 10.6 Å². The van der Waals surface area contributed by atoms with E-state index in [0.717, 1.165) is 48.5 Å². The summed E-state index contributed by atoms with van der Waals surface area (Å²) in [7, 11) is 0. The van der Waals surface area contributed by atoms with Crippen molar-refractivity contribution in [2.45, 2.75) is 38.3 Å². The zero-order valence-corrected chi connectivity index (χ0v) is 15.9. The standard InChI is InChI=1S/C20H18F6N2O2/c1-11(29)27-17(13-3-7-15(8-4-13)19(21,22)23)18(28-12(2)30)14-5-9-16(10-6-14)20(24,25)26/h3-10,17-18H,1-2H3,(H,27,29)(H,28,30)/t17-,18-/m1/s1. The number of alkyl halides is 6. The lowest BCUT2D eigenvalue weighted by Crippen LogP contribution is -2.39. The Morgan fingerprint density at radius 3 is 1.10 bits per heavy atom. The van der Waals surface area contributed by atoms with E-state index in [-0.39, 0.29) is 11.1 Å². The fourth-order valence-corrected chi connectivity index (χ4v) is 2.92. The molecule has 0 aliphatic carbocycles. The van der Waals surface area contributed by atoms with Crippen LogP contribution in [0.15, 0.2) is 48.5 Å². The largest absolute Gasteiger partial charge is 0.416 e. The van der Waals surface area contributed by atoms with Crippen LogP contribution in [-0.4, -0.2) is 11.8 Å². The first-order valence-electron chi connectivity index (χ1n) is 8.67. The maximum absolute atomic E-state index is 12.8. The van der Waals surface area contributed by atoms with Crippen LogP contribution in [0.25, 0.3) is 0 Å². The fraction of sp³-hybridized carbons (Fsp3) is 0.300. The molecule has 0 spiro atoms. The second kappa shape index (κ2) is 8.76. The van der Waals surface area contributed by atoms with Crippen LogP contribution in [-0.2, 0) is 21.9 Å². The van der Waals surface area contributed by atoms with Gasteiger partial charge < -0.3 is 10.6 Å². The highest BCUT2D eigenvalue weighted by Gasteiger charge is 2.33. The average molecular weight is 432 g/mol. The summed E-state index contributed by atoms with van der Waals surface area (Å²) in [6.07, 6.45) is -9.13. The van der Waals surface area contributed by atoms with Crippen LogP contribution in [0.2, 0.25) is 0 Å². The Bertz CT molecular complexity index is 814. The van der Waals surface area contributed by atoms with Crippen LogP contribution >= 0.6 is 0 Å². The monoisotopic (exact) mass is 432 g/mol. The summed E-state index contributed by atoms with van der Waals surface area (Å²) in [5, 5.41) is 5.09. The molecule has 4 nitrogen and oxygen atoms in total. The molecular weight excluding hydrogens is 414 g/mol. The van der Waals surface area contributed by atoms with E-state index in [9.17, 15) is 35.9 Å². The van der Waals surface area contributed by atoms with Gasteiger partial charge in [-0.2, -0.15) is 26.3 Å². The predicted octanol–water partition coefficient (Wildman–Crippen LogP) is 4.78. The lowest BCUT2D eigenvalue weighted by atomic mass is 9.91. The Kier molecular flexibility index (Phi) is 6.79. The molecule has 0 fully saturated rings. The number of nitrogens with one attached hydrogen (secondary N) is 2. The molecule has 30 heavy (non-hydrogen) atoms. The molecule has 2 amide bonds. The maximum Gasteiger partial charge on any atom is 0.416 e. The van der Waals surface area contributed by atoms with Crippen molar-refractivity contribution in [3.05, 3.63) is 70.8 Å². The van der Waals surface area contributed by atoms with E-state index in [1.54, 1.807) is 0 Å². The van der Waals surface area contributed by atoms with Crippen LogP contribution in [0.1, 0.15) is 48.2 Å². The minimum Gasteiger partial charge on any atom is -0.347 e. The van der Waals surface area contributed by atoms with E-state index in [0.29, 0.717) is 0 Å². The van der Waals surface area contributed by atoms with Gasteiger partial charge in [-0.05, 0) is 35.4 Å². The highest BCUT2D eigenvalue weighted by Crippen LogP contribution is 2.35. The van der Waals surface area contributed by atoms with Crippen LogP contribution in [0.3, 0.4) is 0 Å². The van der Waals surface area contributed by atoms with Crippen molar-refractivity contribution in [3.8, 4) is 0 Å². The van der Waals surface area contributed by atoms with Gasteiger partial charge >= 0.3 is 12.4 Å². The van der Waals surface area contributed by atoms with Crippen molar-refractivity contribution in [1.82, 2.24) is 10.6 Å². The number of benzene rings is 2. The summed E-state index contributed by atoms with van der Waals surface area (Å²) in [6, 6.07) is 5.80. The van der Waals surface area contributed by atoms with Gasteiger partial charge in [0.2, 0.25) is 11.8 Å². The van der Waals surface area contributed by atoms with Gasteiger partial charge in [-0.1, -0.05) is 24.3 Å².